The number of para-hydroxylation sites is 1. The Morgan fingerprint density at radius 1 is 0.444 bits per heavy atom. The zero-order valence-corrected chi connectivity index (χ0v) is 20.8. The highest BCUT2D eigenvalue weighted by atomic mass is 15.2. The second-order valence-electron chi connectivity index (χ2n) is 9.00. The summed E-state index contributed by atoms with van der Waals surface area (Å²) in [6.45, 7) is 8.16. The molecule has 0 aliphatic carbocycles. The molecule has 0 bridgehead atoms. The minimum Gasteiger partial charge on any atom is -0.310 e. The number of nitrogens with zero attached hydrogens (tertiary/aromatic N) is 2. The lowest BCUT2D eigenvalue weighted by Gasteiger charge is -2.28. The second-order valence-corrected chi connectivity index (χ2v) is 9.00. The predicted octanol–water partition coefficient (Wildman–Crippen LogP) is 9.89. The van der Waals surface area contributed by atoms with Crippen molar-refractivity contribution in [1.82, 2.24) is 0 Å². The molecule has 5 aromatic carbocycles. The third-order valence-electron chi connectivity index (χ3n) is 6.29. The van der Waals surface area contributed by atoms with E-state index < -0.39 is 0 Å². The topological polar surface area (TPSA) is 6.48 Å². The first-order valence-corrected chi connectivity index (χ1v) is 12.2. The summed E-state index contributed by atoms with van der Waals surface area (Å²) in [4.78, 5) is 4.59. The van der Waals surface area contributed by atoms with Gasteiger partial charge in [-0.1, -0.05) is 67.3 Å². The van der Waals surface area contributed by atoms with E-state index in [2.05, 4.69) is 158 Å². The van der Waals surface area contributed by atoms with Crippen LogP contribution in [0.15, 0.2) is 134 Å². The highest BCUT2D eigenvalue weighted by Gasteiger charge is 2.16. The molecule has 0 unspecified atom stereocenters. The maximum absolute atomic E-state index is 3.90. The SMILES string of the molecule is C=Cc1ccc(N(c2ccc(N(c3ccccc3)c3cccc(C)c3)cc2)c2cccc(C)c2)cc1. The van der Waals surface area contributed by atoms with Gasteiger partial charge in [0.05, 0.1) is 0 Å². The van der Waals surface area contributed by atoms with Crippen molar-refractivity contribution in [3.05, 3.63) is 151 Å². The Morgan fingerprint density at radius 3 is 1.25 bits per heavy atom. The zero-order valence-electron chi connectivity index (χ0n) is 20.8. The molecule has 36 heavy (non-hydrogen) atoms. The van der Waals surface area contributed by atoms with Crippen LogP contribution in [0.25, 0.3) is 6.08 Å². The Hall–Kier alpha value is -4.56. The Morgan fingerprint density at radius 2 is 0.833 bits per heavy atom. The first kappa shape index (κ1) is 23.2. The summed E-state index contributed by atoms with van der Waals surface area (Å²) in [6.07, 6.45) is 1.87. The minimum atomic E-state index is 1.10. The van der Waals surface area contributed by atoms with Crippen molar-refractivity contribution in [2.45, 2.75) is 13.8 Å². The van der Waals surface area contributed by atoms with Crippen molar-refractivity contribution in [2.24, 2.45) is 0 Å². The third-order valence-corrected chi connectivity index (χ3v) is 6.29. The summed E-state index contributed by atoms with van der Waals surface area (Å²) in [5.74, 6) is 0. The maximum Gasteiger partial charge on any atom is 0.0464 e. The van der Waals surface area contributed by atoms with Crippen LogP contribution in [-0.2, 0) is 0 Å². The Labute approximate surface area is 214 Å². The van der Waals surface area contributed by atoms with Crippen LogP contribution in [0.5, 0.6) is 0 Å². The smallest absolute Gasteiger partial charge is 0.0464 e. The van der Waals surface area contributed by atoms with E-state index in [4.69, 9.17) is 0 Å². The van der Waals surface area contributed by atoms with E-state index in [9.17, 15) is 0 Å². The molecule has 2 heteroatoms. The van der Waals surface area contributed by atoms with E-state index in [0.29, 0.717) is 0 Å². The fourth-order valence-electron chi connectivity index (χ4n) is 4.52. The molecule has 0 atom stereocenters. The Bertz CT molecular complexity index is 1450. The lowest BCUT2D eigenvalue weighted by atomic mass is 10.1. The summed E-state index contributed by atoms with van der Waals surface area (Å²) in [5, 5.41) is 0. The van der Waals surface area contributed by atoms with E-state index in [1.807, 2.05) is 6.08 Å². The molecule has 5 rings (SSSR count). The van der Waals surface area contributed by atoms with Crippen molar-refractivity contribution >= 4 is 40.2 Å². The van der Waals surface area contributed by atoms with Crippen LogP contribution in [-0.4, -0.2) is 0 Å². The zero-order chi connectivity index (χ0) is 24.9. The summed E-state index contributed by atoms with van der Waals surface area (Å²) in [7, 11) is 0. The highest BCUT2D eigenvalue weighted by molar-refractivity contribution is 5.81. The number of anilines is 6. The van der Waals surface area contributed by atoms with Gasteiger partial charge in [-0.15, -0.1) is 0 Å². The Balaban J connectivity index is 1.59. The molecular formula is C34H30N2. The maximum atomic E-state index is 3.90. The third kappa shape index (κ3) is 4.94. The molecule has 0 heterocycles. The molecule has 0 N–H and O–H groups in total. The molecule has 0 aliphatic rings. The summed E-state index contributed by atoms with van der Waals surface area (Å²) in [6, 6.07) is 45.1. The first-order chi connectivity index (χ1) is 17.6. The van der Waals surface area contributed by atoms with Gasteiger partial charge < -0.3 is 9.80 Å². The van der Waals surface area contributed by atoms with Gasteiger partial charge in [-0.3, -0.25) is 0 Å². The van der Waals surface area contributed by atoms with Crippen LogP contribution in [0.4, 0.5) is 34.1 Å². The summed E-state index contributed by atoms with van der Waals surface area (Å²) in [5.41, 5.74) is 10.3. The molecule has 0 aromatic heterocycles. The summed E-state index contributed by atoms with van der Waals surface area (Å²) < 4.78 is 0. The Kier molecular flexibility index (Phi) is 6.68. The van der Waals surface area contributed by atoms with Gasteiger partial charge in [0, 0.05) is 34.1 Å². The number of hydrogen-bond acceptors (Lipinski definition) is 2. The van der Waals surface area contributed by atoms with Crippen LogP contribution in [0.1, 0.15) is 16.7 Å². The standard InChI is InChI=1S/C34H30N2/c1-4-28-16-18-30(19-17-28)36(34-15-9-11-27(3)25-34)32-22-20-31(21-23-32)35(29-12-6-5-7-13-29)33-14-8-10-26(2)24-33/h4-25H,1H2,2-3H3. The molecule has 0 aliphatic heterocycles. The highest BCUT2D eigenvalue weighted by Crippen LogP contribution is 2.39. The van der Waals surface area contributed by atoms with Gasteiger partial charge in [-0.05, 0) is 103 Å². The van der Waals surface area contributed by atoms with Crippen molar-refractivity contribution in [3.63, 3.8) is 0 Å². The molecule has 0 saturated heterocycles. The molecule has 0 radical (unpaired) electrons. The van der Waals surface area contributed by atoms with E-state index in [1.165, 1.54) is 11.1 Å². The fourth-order valence-corrected chi connectivity index (χ4v) is 4.52. The monoisotopic (exact) mass is 466 g/mol. The van der Waals surface area contributed by atoms with Crippen molar-refractivity contribution in [1.29, 1.82) is 0 Å². The predicted molar refractivity (Wildman–Crippen MR) is 155 cm³/mol. The molecule has 0 fully saturated rings. The fraction of sp³-hybridized carbons (Fsp3) is 0.0588. The van der Waals surface area contributed by atoms with Gasteiger partial charge in [0.1, 0.15) is 0 Å². The normalized spacial score (nSPS) is 10.6. The summed E-state index contributed by atoms with van der Waals surface area (Å²) >= 11 is 0. The average Bonchev–Trinajstić information content (AvgIpc) is 2.91. The van der Waals surface area contributed by atoms with Gasteiger partial charge in [0.2, 0.25) is 0 Å². The molecule has 0 amide bonds. The van der Waals surface area contributed by atoms with Crippen LogP contribution in [0.3, 0.4) is 0 Å². The minimum absolute atomic E-state index is 1.10. The molecule has 0 saturated carbocycles. The largest absolute Gasteiger partial charge is 0.310 e. The van der Waals surface area contributed by atoms with E-state index in [-0.39, 0.29) is 0 Å². The quantitative estimate of drug-likeness (QED) is 0.235. The first-order valence-electron chi connectivity index (χ1n) is 12.2. The van der Waals surface area contributed by atoms with E-state index in [1.54, 1.807) is 0 Å². The number of rotatable bonds is 7. The van der Waals surface area contributed by atoms with Gasteiger partial charge >= 0.3 is 0 Å². The molecule has 2 nitrogen and oxygen atoms in total. The van der Waals surface area contributed by atoms with Crippen LogP contribution < -0.4 is 9.80 Å². The van der Waals surface area contributed by atoms with Crippen molar-refractivity contribution in [2.75, 3.05) is 9.80 Å². The molecule has 5 aromatic rings. The van der Waals surface area contributed by atoms with Crippen LogP contribution in [0.2, 0.25) is 0 Å². The van der Waals surface area contributed by atoms with Gasteiger partial charge in [-0.2, -0.15) is 0 Å². The molecule has 0 spiro atoms. The molecular weight excluding hydrogens is 436 g/mol. The van der Waals surface area contributed by atoms with E-state index >= 15 is 0 Å². The average molecular weight is 467 g/mol. The second kappa shape index (κ2) is 10.4. The number of benzene rings is 5. The van der Waals surface area contributed by atoms with Gasteiger partial charge in [0.25, 0.3) is 0 Å². The van der Waals surface area contributed by atoms with Gasteiger partial charge in [-0.25, -0.2) is 0 Å². The lowest BCUT2D eigenvalue weighted by Crippen LogP contribution is -2.12. The van der Waals surface area contributed by atoms with Crippen LogP contribution >= 0.6 is 0 Å². The number of aryl methyl sites for hydroxylation is 2. The lowest BCUT2D eigenvalue weighted by molar-refractivity contribution is 1.24. The van der Waals surface area contributed by atoms with Crippen molar-refractivity contribution < 1.29 is 0 Å². The van der Waals surface area contributed by atoms with Gasteiger partial charge in [0.15, 0.2) is 0 Å². The number of hydrogen-bond donors (Lipinski definition) is 0. The molecule has 176 valence electrons. The van der Waals surface area contributed by atoms with Crippen LogP contribution in [0, 0.1) is 13.8 Å². The van der Waals surface area contributed by atoms with Crippen molar-refractivity contribution in [3.8, 4) is 0 Å². The van der Waals surface area contributed by atoms with E-state index in [0.717, 1.165) is 39.7 Å².